The number of anilines is 1. The monoisotopic (exact) mass is 395 g/mol. The highest BCUT2D eigenvalue weighted by atomic mass is 35.5. The first kappa shape index (κ1) is 18.3. The Labute approximate surface area is 167 Å². The fourth-order valence-electron chi connectivity index (χ4n) is 3.30. The van der Waals surface area contributed by atoms with Crippen LogP contribution in [0.2, 0.25) is 5.02 Å². The first-order valence-corrected chi connectivity index (χ1v) is 9.39. The predicted octanol–water partition coefficient (Wildman–Crippen LogP) is 4.24. The maximum Gasteiger partial charge on any atom is 0.276 e. The smallest absolute Gasteiger partial charge is 0.276 e. The molecule has 2 aromatic carbocycles. The minimum Gasteiger partial charge on any atom is -0.355 e. The van der Waals surface area contributed by atoms with E-state index in [-0.39, 0.29) is 17.5 Å². The number of rotatable bonds is 4. The molecular weight excluding hydrogens is 378 g/mol. The van der Waals surface area contributed by atoms with Gasteiger partial charge in [0.2, 0.25) is 5.91 Å². The Kier molecular flexibility index (Phi) is 5.12. The van der Waals surface area contributed by atoms with Gasteiger partial charge >= 0.3 is 0 Å². The Morgan fingerprint density at radius 2 is 1.86 bits per heavy atom. The Morgan fingerprint density at radius 3 is 2.61 bits per heavy atom. The number of carbonyl (C=O) groups excluding carboxylic acids is 2. The van der Waals surface area contributed by atoms with Crippen molar-refractivity contribution in [3.63, 3.8) is 0 Å². The molecule has 1 aliphatic heterocycles. The second-order valence-corrected chi connectivity index (χ2v) is 7.03. The second-order valence-electron chi connectivity index (χ2n) is 6.60. The van der Waals surface area contributed by atoms with E-state index in [1.807, 2.05) is 30.3 Å². The largest absolute Gasteiger partial charge is 0.355 e. The summed E-state index contributed by atoms with van der Waals surface area (Å²) < 4.78 is 5.32. The van der Waals surface area contributed by atoms with Gasteiger partial charge in [0.05, 0.1) is 0 Å². The molecule has 1 aliphatic rings. The van der Waals surface area contributed by atoms with Crippen LogP contribution < -0.4 is 5.32 Å². The number of hydrogen-bond acceptors (Lipinski definition) is 4. The van der Waals surface area contributed by atoms with Gasteiger partial charge in [0.25, 0.3) is 5.91 Å². The van der Waals surface area contributed by atoms with Gasteiger partial charge in [-0.15, -0.1) is 0 Å². The van der Waals surface area contributed by atoms with Gasteiger partial charge in [0, 0.05) is 28.9 Å². The van der Waals surface area contributed by atoms with E-state index >= 15 is 0 Å². The summed E-state index contributed by atoms with van der Waals surface area (Å²) in [5.41, 5.74) is 1.68. The molecule has 2 amide bonds. The number of halogens is 1. The minimum absolute atomic E-state index is 0.199. The lowest BCUT2D eigenvalue weighted by Crippen LogP contribution is -2.43. The van der Waals surface area contributed by atoms with Gasteiger partial charge in [-0.1, -0.05) is 47.1 Å². The van der Waals surface area contributed by atoms with E-state index in [2.05, 4.69) is 10.5 Å². The Bertz CT molecular complexity index is 986. The number of aromatic nitrogens is 1. The van der Waals surface area contributed by atoms with Crippen molar-refractivity contribution < 1.29 is 14.1 Å². The molecule has 6 nitrogen and oxygen atoms in total. The third kappa shape index (κ3) is 3.77. The SMILES string of the molecule is O=C(Nc1ccc(Cl)cc1)[C@@H]1CCCN1C(=O)c1cc(-c2ccccc2)on1. The van der Waals surface area contributed by atoms with Crippen molar-refractivity contribution in [1.82, 2.24) is 10.1 Å². The van der Waals surface area contributed by atoms with Crippen LogP contribution in [0.4, 0.5) is 5.69 Å². The van der Waals surface area contributed by atoms with E-state index in [0.717, 1.165) is 12.0 Å². The molecule has 1 aromatic heterocycles. The Hall–Kier alpha value is -3.12. The Morgan fingerprint density at radius 1 is 1.11 bits per heavy atom. The van der Waals surface area contributed by atoms with E-state index in [1.54, 1.807) is 35.2 Å². The van der Waals surface area contributed by atoms with Gasteiger partial charge in [-0.3, -0.25) is 9.59 Å². The molecule has 0 unspecified atom stereocenters. The lowest BCUT2D eigenvalue weighted by molar-refractivity contribution is -0.119. The fourth-order valence-corrected chi connectivity index (χ4v) is 3.43. The average Bonchev–Trinajstić information content (AvgIpc) is 3.40. The summed E-state index contributed by atoms with van der Waals surface area (Å²) in [7, 11) is 0. The van der Waals surface area contributed by atoms with Gasteiger partial charge in [-0.05, 0) is 37.1 Å². The number of benzene rings is 2. The van der Waals surface area contributed by atoms with Crippen LogP contribution in [-0.4, -0.2) is 34.5 Å². The Balaban J connectivity index is 1.48. The molecule has 2 heterocycles. The summed E-state index contributed by atoms with van der Waals surface area (Å²) in [6.07, 6.45) is 1.36. The summed E-state index contributed by atoms with van der Waals surface area (Å²) >= 11 is 5.87. The van der Waals surface area contributed by atoms with Crippen molar-refractivity contribution in [2.24, 2.45) is 0 Å². The molecule has 142 valence electrons. The van der Waals surface area contributed by atoms with Crippen LogP contribution in [0.5, 0.6) is 0 Å². The maximum absolute atomic E-state index is 12.9. The van der Waals surface area contributed by atoms with Crippen molar-refractivity contribution in [3.8, 4) is 11.3 Å². The van der Waals surface area contributed by atoms with E-state index in [9.17, 15) is 9.59 Å². The minimum atomic E-state index is -0.542. The van der Waals surface area contributed by atoms with E-state index in [4.69, 9.17) is 16.1 Å². The van der Waals surface area contributed by atoms with Crippen LogP contribution in [0.3, 0.4) is 0 Å². The zero-order valence-electron chi connectivity index (χ0n) is 15.0. The molecule has 1 N–H and O–H groups in total. The average molecular weight is 396 g/mol. The van der Waals surface area contributed by atoms with Crippen LogP contribution in [0, 0.1) is 0 Å². The molecule has 0 spiro atoms. The molecular formula is C21H18ClN3O3. The third-order valence-corrected chi connectivity index (χ3v) is 4.97. The molecule has 1 atom stereocenters. The number of nitrogens with zero attached hydrogens (tertiary/aromatic N) is 2. The van der Waals surface area contributed by atoms with E-state index < -0.39 is 6.04 Å². The van der Waals surface area contributed by atoms with Crippen LogP contribution in [0.1, 0.15) is 23.3 Å². The van der Waals surface area contributed by atoms with Crippen LogP contribution in [-0.2, 0) is 4.79 Å². The molecule has 0 bridgehead atoms. The highest BCUT2D eigenvalue weighted by Gasteiger charge is 2.35. The van der Waals surface area contributed by atoms with E-state index in [0.29, 0.717) is 29.4 Å². The molecule has 0 saturated carbocycles. The third-order valence-electron chi connectivity index (χ3n) is 4.72. The number of carbonyl (C=O) groups is 2. The molecule has 4 rings (SSSR count). The van der Waals surface area contributed by atoms with Gasteiger partial charge < -0.3 is 14.7 Å². The van der Waals surface area contributed by atoms with Crippen molar-refractivity contribution in [2.75, 3.05) is 11.9 Å². The number of nitrogens with one attached hydrogen (secondary N) is 1. The summed E-state index contributed by atoms with van der Waals surface area (Å²) in [5, 5.41) is 7.35. The van der Waals surface area contributed by atoms with Gasteiger partial charge in [-0.2, -0.15) is 0 Å². The summed E-state index contributed by atoms with van der Waals surface area (Å²) in [6, 6.07) is 17.4. The first-order valence-electron chi connectivity index (χ1n) is 9.01. The summed E-state index contributed by atoms with van der Waals surface area (Å²) in [6.45, 7) is 0.505. The molecule has 28 heavy (non-hydrogen) atoms. The van der Waals surface area contributed by atoms with Crippen molar-refractivity contribution >= 4 is 29.1 Å². The van der Waals surface area contributed by atoms with E-state index in [1.165, 1.54) is 0 Å². The molecule has 1 saturated heterocycles. The standard InChI is InChI=1S/C21H18ClN3O3/c22-15-8-10-16(11-9-15)23-20(26)18-7-4-12-25(18)21(27)17-13-19(28-24-17)14-5-2-1-3-6-14/h1-3,5-6,8-11,13,18H,4,7,12H2,(H,23,26)/t18-/m0/s1. The van der Waals surface area contributed by atoms with Crippen LogP contribution in [0.25, 0.3) is 11.3 Å². The fraction of sp³-hybridized carbons (Fsp3) is 0.190. The van der Waals surface area contributed by atoms with Crippen molar-refractivity contribution in [3.05, 3.63) is 71.4 Å². The molecule has 0 radical (unpaired) electrons. The van der Waals surface area contributed by atoms with Crippen molar-refractivity contribution in [2.45, 2.75) is 18.9 Å². The number of amides is 2. The van der Waals surface area contributed by atoms with Crippen molar-refractivity contribution in [1.29, 1.82) is 0 Å². The second kappa shape index (κ2) is 7.86. The summed E-state index contributed by atoms with van der Waals surface area (Å²) in [5.74, 6) is -0.00931. The topological polar surface area (TPSA) is 75.4 Å². The molecule has 1 fully saturated rings. The number of likely N-dealkylation sites (tertiary alicyclic amines) is 1. The van der Waals surface area contributed by atoms with Gasteiger partial charge in [-0.25, -0.2) is 0 Å². The number of hydrogen-bond donors (Lipinski definition) is 1. The normalized spacial score (nSPS) is 16.2. The zero-order chi connectivity index (χ0) is 19.5. The zero-order valence-corrected chi connectivity index (χ0v) is 15.7. The van der Waals surface area contributed by atoms with Gasteiger partial charge in [0.1, 0.15) is 6.04 Å². The van der Waals surface area contributed by atoms with Crippen LogP contribution >= 0.6 is 11.6 Å². The van der Waals surface area contributed by atoms with Crippen LogP contribution in [0.15, 0.2) is 65.2 Å². The highest BCUT2D eigenvalue weighted by molar-refractivity contribution is 6.30. The van der Waals surface area contributed by atoms with Gasteiger partial charge in [0.15, 0.2) is 11.5 Å². The summed E-state index contributed by atoms with van der Waals surface area (Å²) in [4.78, 5) is 27.2. The first-order chi connectivity index (χ1) is 13.6. The lowest BCUT2D eigenvalue weighted by Gasteiger charge is -2.23. The maximum atomic E-state index is 12.9. The lowest BCUT2D eigenvalue weighted by atomic mass is 10.1. The molecule has 7 heteroatoms. The highest BCUT2D eigenvalue weighted by Crippen LogP contribution is 2.25. The predicted molar refractivity (Wildman–Crippen MR) is 106 cm³/mol. The quantitative estimate of drug-likeness (QED) is 0.717. The molecule has 3 aromatic rings. The molecule has 0 aliphatic carbocycles.